The molecule has 1 aliphatic rings. The monoisotopic (exact) mass is 456 g/mol. The molecule has 4 aromatic rings. The highest BCUT2D eigenvalue weighted by atomic mass is 35.5. The van der Waals surface area contributed by atoms with Crippen molar-refractivity contribution in [2.24, 2.45) is 0 Å². The standard InChI is InChI=1S/C23H21ClN2O4S/c1-2-28-17-9-3-6-14-12-18(30-21(14)17)22(27)26(13-15-7-5-11-29-15)23-25-20-16(24)8-4-10-19(20)31-23/h3-4,6,8-10,12,15H,2,5,7,11,13H2,1H3. The first kappa shape index (κ1) is 20.3. The number of amides is 1. The van der Waals surface area contributed by atoms with Crippen LogP contribution in [0.3, 0.4) is 0 Å². The molecule has 2 aromatic carbocycles. The van der Waals surface area contributed by atoms with Crippen LogP contribution in [-0.4, -0.2) is 36.8 Å². The van der Waals surface area contributed by atoms with E-state index in [1.54, 1.807) is 17.0 Å². The van der Waals surface area contributed by atoms with Gasteiger partial charge in [0.1, 0.15) is 5.52 Å². The molecule has 0 N–H and O–H groups in total. The summed E-state index contributed by atoms with van der Waals surface area (Å²) in [5, 5.41) is 1.96. The van der Waals surface area contributed by atoms with Crippen LogP contribution in [0.1, 0.15) is 30.3 Å². The molecule has 6 nitrogen and oxygen atoms in total. The molecule has 2 aromatic heterocycles. The average molecular weight is 457 g/mol. The normalized spacial score (nSPS) is 16.3. The number of ether oxygens (including phenoxy) is 2. The molecule has 5 rings (SSSR count). The SMILES string of the molecule is CCOc1cccc2cc(C(=O)N(CC3CCCO3)c3nc4c(Cl)cccc4s3)oc12. The topological polar surface area (TPSA) is 64.8 Å². The molecule has 0 bridgehead atoms. The number of hydrogen-bond donors (Lipinski definition) is 0. The molecule has 1 aliphatic heterocycles. The Morgan fingerprint density at radius 3 is 2.97 bits per heavy atom. The minimum Gasteiger partial charge on any atom is -0.490 e. The van der Waals surface area contributed by atoms with Gasteiger partial charge < -0.3 is 13.9 Å². The van der Waals surface area contributed by atoms with Gasteiger partial charge in [0.2, 0.25) is 0 Å². The Kier molecular flexibility index (Phi) is 5.56. The fourth-order valence-electron chi connectivity index (χ4n) is 3.80. The molecule has 1 amide bonds. The van der Waals surface area contributed by atoms with Crippen LogP contribution in [-0.2, 0) is 4.74 Å². The summed E-state index contributed by atoms with van der Waals surface area (Å²) >= 11 is 7.76. The van der Waals surface area contributed by atoms with Crippen molar-refractivity contribution in [1.29, 1.82) is 0 Å². The van der Waals surface area contributed by atoms with Gasteiger partial charge in [-0.1, -0.05) is 41.1 Å². The fraction of sp³-hybridized carbons (Fsp3) is 0.304. The van der Waals surface area contributed by atoms with Gasteiger partial charge in [-0.2, -0.15) is 0 Å². The number of carbonyl (C=O) groups is 1. The first-order chi connectivity index (χ1) is 15.1. The third-order valence-electron chi connectivity index (χ3n) is 5.26. The third kappa shape index (κ3) is 3.89. The van der Waals surface area contributed by atoms with Crippen LogP contribution >= 0.6 is 22.9 Å². The molecule has 1 unspecified atom stereocenters. The van der Waals surface area contributed by atoms with Crippen molar-refractivity contribution in [2.75, 3.05) is 24.7 Å². The van der Waals surface area contributed by atoms with Crippen LogP contribution in [0.4, 0.5) is 5.13 Å². The van der Waals surface area contributed by atoms with E-state index in [0.717, 1.165) is 22.9 Å². The number of para-hydroxylation sites is 2. The number of benzene rings is 2. The Hall–Kier alpha value is -2.61. The summed E-state index contributed by atoms with van der Waals surface area (Å²) in [5.41, 5.74) is 1.26. The molecular weight excluding hydrogens is 436 g/mol. The van der Waals surface area contributed by atoms with Crippen molar-refractivity contribution in [1.82, 2.24) is 4.98 Å². The number of fused-ring (bicyclic) bond motifs is 2. The number of aromatic nitrogens is 1. The van der Waals surface area contributed by atoms with E-state index in [4.69, 9.17) is 25.5 Å². The average Bonchev–Trinajstić information content (AvgIpc) is 3.51. The summed E-state index contributed by atoms with van der Waals surface area (Å²) in [6.07, 6.45) is 1.86. The van der Waals surface area contributed by atoms with Gasteiger partial charge in [-0.3, -0.25) is 9.69 Å². The molecule has 3 heterocycles. The number of anilines is 1. The lowest BCUT2D eigenvalue weighted by molar-refractivity contribution is 0.0896. The molecular formula is C23H21ClN2O4S. The minimum atomic E-state index is -0.260. The van der Waals surface area contributed by atoms with Crippen LogP contribution in [0, 0.1) is 0 Å². The minimum absolute atomic E-state index is 0.0326. The van der Waals surface area contributed by atoms with E-state index < -0.39 is 0 Å². The Bertz CT molecular complexity index is 1250. The molecule has 0 radical (unpaired) electrons. The smallest absolute Gasteiger partial charge is 0.295 e. The zero-order chi connectivity index (χ0) is 21.4. The quantitative estimate of drug-likeness (QED) is 0.360. The molecule has 31 heavy (non-hydrogen) atoms. The van der Waals surface area contributed by atoms with E-state index in [2.05, 4.69) is 4.98 Å². The molecule has 1 atom stereocenters. The first-order valence-corrected chi connectivity index (χ1v) is 11.5. The number of rotatable bonds is 6. The van der Waals surface area contributed by atoms with E-state index >= 15 is 0 Å². The number of carbonyl (C=O) groups excluding carboxylic acids is 1. The second kappa shape index (κ2) is 8.49. The van der Waals surface area contributed by atoms with Crippen molar-refractivity contribution in [3.63, 3.8) is 0 Å². The summed E-state index contributed by atoms with van der Waals surface area (Å²) in [5.74, 6) is 0.603. The van der Waals surface area contributed by atoms with Crippen LogP contribution in [0.15, 0.2) is 46.9 Å². The van der Waals surface area contributed by atoms with Gasteiger partial charge in [-0.15, -0.1) is 0 Å². The molecule has 160 valence electrons. The van der Waals surface area contributed by atoms with E-state index in [1.165, 1.54) is 11.3 Å². The number of nitrogens with zero attached hydrogens (tertiary/aromatic N) is 2. The molecule has 0 saturated carbocycles. The number of hydrogen-bond acceptors (Lipinski definition) is 6. The first-order valence-electron chi connectivity index (χ1n) is 10.3. The molecule has 8 heteroatoms. The molecule has 0 spiro atoms. The molecule has 1 fully saturated rings. The van der Waals surface area contributed by atoms with Crippen LogP contribution < -0.4 is 9.64 Å². The third-order valence-corrected chi connectivity index (χ3v) is 6.61. The van der Waals surface area contributed by atoms with Crippen molar-refractivity contribution >= 4 is 55.2 Å². The van der Waals surface area contributed by atoms with Crippen molar-refractivity contribution in [3.8, 4) is 5.75 Å². The zero-order valence-corrected chi connectivity index (χ0v) is 18.5. The van der Waals surface area contributed by atoms with Gasteiger partial charge in [0, 0.05) is 12.0 Å². The van der Waals surface area contributed by atoms with E-state index in [9.17, 15) is 4.79 Å². The van der Waals surface area contributed by atoms with Crippen molar-refractivity contribution in [2.45, 2.75) is 25.9 Å². The lowest BCUT2D eigenvalue weighted by atomic mass is 10.2. The summed E-state index contributed by atoms with van der Waals surface area (Å²) in [6, 6.07) is 13.0. The Labute approximate surface area is 188 Å². The van der Waals surface area contributed by atoms with Gasteiger partial charge in [0.25, 0.3) is 5.91 Å². The highest BCUT2D eigenvalue weighted by Gasteiger charge is 2.29. The van der Waals surface area contributed by atoms with Crippen LogP contribution in [0.25, 0.3) is 21.2 Å². The van der Waals surface area contributed by atoms with Gasteiger partial charge in [0.05, 0.1) is 29.0 Å². The molecule has 0 aliphatic carbocycles. The van der Waals surface area contributed by atoms with E-state index in [1.807, 2.05) is 37.3 Å². The number of thiazole rings is 1. The summed E-state index contributed by atoms with van der Waals surface area (Å²) in [7, 11) is 0. The summed E-state index contributed by atoms with van der Waals surface area (Å²) < 4.78 is 18.4. The van der Waals surface area contributed by atoms with Gasteiger partial charge in [-0.05, 0) is 44.0 Å². The van der Waals surface area contributed by atoms with E-state index in [0.29, 0.717) is 46.8 Å². The highest BCUT2D eigenvalue weighted by molar-refractivity contribution is 7.22. The maximum absolute atomic E-state index is 13.6. The largest absolute Gasteiger partial charge is 0.490 e. The lowest BCUT2D eigenvalue weighted by Crippen LogP contribution is -2.37. The number of furan rings is 1. The van der Waals surface area contributed by atoms with Crippen molar-refractivity contribution < 1.29 is 18.7 Å². The molecule has 1 saturated heterocycles. The summed E-state index contributed by atoms with van der Waals surface area (Å²) in [4.78, 5) is 19.9. The number of halogens is 1. The Morgan fingerprint density at radius 1 is 1.32 bits per heavy atom. The Balaban J connectivity index is 1.55. The Morgan fingerprint density at radius 2 is 2.19 bits per heavy atom. The van der Waals surface area contributed by atoms with Gasteiger partial charge in [-0.25, -0.2) is 4.98 Å². The maximum Gasteiger partial charge on any atom is 0.295 e. The summed E-state index contributed by atoms with van der Waals surface area (Å²) in [6.45, 7) is 3.54. The van der Waals surface area contributed by atoms with Crippen LogP contribution in [0.2, 0.25) is 5.02 Å². The van der Waals surface area contributed by atoms with Crippen LogP contribution in [0.5, 0.6) is 5.75 Å². The predicted octanol–water partition coefficient (Wildman–Crippen LogP) is 5.92. The van der Waals surface area contributed by atoms with Gasteiger partial charge in [0.15, 0.2) is 22.2 Å². The van der Waals surface area contributed by atoms with Crippen molar-refractivity contribution in [3.05, 3.63) is 53.2 Å². The highest BCUT2D eigenvalue weighted by Crippen LogP contribution is 2.35. The van der Waals surface area contributed by atoms with E-state index in [-0.39, 0.29) is 17.8 Å². The second-order valence-electron chi connectivity index (χ2n) is 7.35. The van der Waals surface area contributed by atoms with Gasteiger partial charge >= 0.3 is 0 Å². The lowest BCUT2D eigenvalue weighted by Gasteiger charge is -2.22. The fourth-order valence-corrected chi connectivity index (χ4v) is 5.08. The second-order valence-corrected chi connectivity index (χ2v) is 8.77. The zero-order valence-electron chi connectivity index (χ0n) is 17.0. The maximum atomic E-state index is 13.6. The predicted molar refractivity (Wildman–Crippen MR) is 123 cm³/mol.